The van der Waals surface area contributed by atoms with Crippen molar-refractivity contribution in [3.05, 3.63) is 0 Å². The number of hydrogen-bond acceptors (Lipinski definition) is 4. The predicted molar refractivity (Wildman–Crippen MR) is 30.4 cm³/mol. The van der Waals surface area contributed by atoms with E-state index in [1.807, 2.05) is 0 Å². The minimum absolute atomic E-state index is 0.0972. The van der Waals surface area contributed by atoms with Crippen molar-refractivity contribution in [2.45, 2.75) is 6.92 Å². The zero-order chi connectivity index (χ0) is 7.28. The van der Waals surface area contributed by atoms with Crippen LogP contribution < -0.4 is 0 Å². The summed E-state index contributed by atoms with van der Waals surface area (Å²) >= 11 is 0. The molecule has 0 aliphatic heterocycles. The molecule has 0 atom stereocenters. The van der Waals surface area contributed by atoms with Gasteiger partial charge in [0.2, 0.25) is 0 Å². The van der Waals surface area contributed by atoms with Crippen LogP contribution in [-0.4, -0.2) is 24.0 Å². The van der Waals surface area contributed by atoms with Gasteiger partial charge < -0.3 is 10.0 Å². The molecule has 0 saturated heterocycles. The fourth-order valence-electron chi connectivity index (χ4n) is 0.247. The minimum Gasteiger partial charge on any atom is -0.408 e. The van der Waals surface area contributed by atoms with Crippen molar-refractivity contribution in [2.75, 3.05) is 7.11 Å². The Balaban J connectivity index is 4.03. The topological polar surface area (TPSA) is 54.2 Å². The third kappa shape index (κ3) is 2.63. The summed E-state index contributed by atoms with van der Waals surface area (Å²) < 4.78 is 12.0. The Kier molecular flexibility index (Phi) is 3.34. The molecule has 0 aliphatic carbocycles. The standard InChI is InChI=1S/C4H7FN2O2/c1-3(7-9-2)4(5)6-8/h8H,1-2H3. The quantitative estimate of drug-likeness (QED) is 0.344. The Bertz CT molecular complexity index is 144. The molecule has 0 radical (unpaired) electrons. The lowest BCUT2D eigenvalue weighted by molar-refractivity contribution is 0.213. The first-order valence-corrected chi connectivity index (χ1v) is 2.18. The molecule has 0 fully saturated rings. The van der Waals surface area contributed by atoms with Gasteiger partial charge >= 0.3 is 0 Å². The van der Waals surface area contributed by atoms with Gasteiger partial charge in [0.1, 0.15) is 12.8 Å². The van der Waals surface area contributed by atoms with E-state index >= 15 is 0 Å². The second kappa shape index (κ2) is 3.82. The summed E-state index contributed by atoms with van der Waals surface area (Å²) in [6, 6.07) is 0. The molecule has 0 saturated carbocycles. The van der Waals surface area contributed by atoms with Gasteiger partial charge in [-0.25, -0.2) is 0 Å². The predicted octanol–water partition coefficient (Wildman–Crippen LogP) is 0.766. The summed E-state index contributed by atoms with van der Waals surface area (Å²) in [7, 11) is 1.27. The molecule has 0 aromatic carbocycles. The Morgan fingerprint density at radius 1 is 1.67 bits per heavy atom. The molecule has 0 rings (SSSR count). The molecule has 5 heteroatoms. The lowest BCUT2D eigenvalue weighted by Gasteiger charge is -1.89. The zero-order valence-electron chi connectivity index (χ0n) is 5.13. The monoisotopic (exact) mass is 134 g/mol. The van der Waals surface area contributed by atoms with Crippen molar-refractivity contribution in [3.8, 4) is 0 Å². The van der Waals surface area contributed by atoms with E-state index in [2.05, 4.69) is 15.1 Å². The fourth-order valence-corrected chi connectivity index (χ4v) is 0.247. The molecule has 0 aromatic heterocycles. The molecule has 0 aromatic rings. The molecular formula is C4H7FN2O2. The average Bonchev–Trinajstić information content (AvgIpc) is 1.87. The highest BCUT2D eigenvalue weighted by Crippen LogP contribution is 1.85. The molecule has 0 unspecified atom stereocenters. The van der Waals surface area contributed by atoms with E-state index in [-0.39, 0.29) is 5.71 Å². The van der Waals surface area contributed by atoms with Crippen LogP contribution in [0.1, 0.15) is 6.92 Å². The summed E-state index contributed by atoms with van der Waals surface area (Å²) in [5, 5.41) is 13.2. The van der Waals surface area contributed by atoms with E-state index < -0.39 is 5.97 Å². The van der Waals surface area contributed by atoms with E-state index in [1.165, 1.54) is 14.0 Å². The first-order chi connectivity index (χ1) is 4.22. The molecule has 0 spiro atoms. The lowest BCUT2D eigenvalue weighted by atomic mass is 10.5. The van der Waals surface area contributed by atoms with Crippen LogP contribution in [0.15, 0.2) is 10.3 Å². The van der Waals surface area contributed by atoms with Gasteiger partial charge in [0.05, 0.1) is 0 Å². The number of rotatable bonds is 2. The molecule has 9 heavy (non-hydrogen) atoms. The molecule has 0 aliphatic rings. The maximum absolute atomic E-state index is 12.0. The van der Waals surface area contributed by atoms with Crippen molar-refractivity contribution in [1.29, 1.82) is 0 Å². The van der Waals surface area contributed by atoms with Crippen LogP contribution >= 0.6 is 0 Å². The first kappa shape index (κ1) is 7.87. The Morgan fingerprint density at radius 2 is 2.22 bits per heavy atom. The summed E-state index contributed by atoms with van der Waals surface area (Å²) in [6.07, 6.45) is 0. The van der Waals surface area contributed by atoms with Crippen LogP contribution in [0, 0.1) is 0 Å². The van der Waals surface area contributed by atoms with Crippen LogP contribution in [-0.2, 0) is 4.84 Å². The molecule has 0 amide bonds. The van der Waals surface area contributed by atoms with Gasteiger partial charge in [-0.2, -0.15) is 4.39 Å². The average molecular weight is 134 g/mol. The van der Waals surface area contributed by atoms with E-state index in [0.29, 0.717) is 0 Å². The van der Waals surface area contributed by atoms with Gasteiger partial charge in [0.25, 0.3) is 5.97 Å². The summed E-state index contributed by atoms with van der Waals surface area (Å²) in [4.78, 5) is 4.18. The van der Waals surface area contributed by atoms with Crippen LogP contribution in [0.2, 0.25) is 0 Å². The van der Waals surface area contributed by atoms with Crippen molar-refractivity contribution >= 4 is 11.7 Å². The summed E-state index contributed by atoms with van der Waals surface area (Å²) in [5.74, 6) is -1.04. The highest BCUT2D eigenvalue weighted by molar-refractivity contribution is 6.37. The van der Waals surface area contributed by atoms with Gasteiger partial charge in [0, 0.05) is 0 Å². The molecular weight excluding hydrogens is 127 g/mol. The molecule has 52 valence electrons. The van der Waals surface area contributed by atoms with Crippen LogP contribution in [0.5, 0.6) is 0 Å². The number of halogens is 1. The van der Waals surface area contributed by atoms with E-state index in [9.17, 15) is 4.39 Å². The number of hydrogen-bond donors (Lipinski definition) is 1. The van der Waals surface area contributed by atoms with Gasteiger partial charge in [0.15, 0.2) is 0 Å². The van der Waals surface area contributed by atoms with E-state index in [0.717, 1.165) is 0 Å². The van der Waals surface area contributed by atoms with Crippen LogP contribution in [0.3, 0.4) is 0 Å². The Morgan fingerprint density at radius 3 is 2.56 bits per heavy atom. The fraction of sp³-hybridized carbons (Fsp3) is 0.500. The highest BCUT2D eigenvalue weighted by atomic mass is 19.1. The SMILES string of the molecule is CON=C(C)C(F)=NO. The molecule has 1 N–H and O–H groups in total. The van der Waals surface area contributed by atoms with Gasteiger partial charge in [-0.15, -0.1) is 0 Å². The second-order valence-corrected chi connectivity index (χ2v) is 1.25. The largest absolute Gasteiger partial charge is 0.408 e. The summed E-state index contributed by atoms with van der Waals surface area (Å²) in [6.45, 7) is 1.32. The van der Waals surface area contributed by atoms with Gasteiger partial charge in [-0.3, -0.25) is 0 Å². The van der Waals surface area contributed by atoms with Crippen LogP contribution in [0.4, 0.5) is 4.39 Å². The van der Waals surface area contributed by atoms with Gasteiger partial charge in [-0.05, 0) is 6.92 Å². The maximum atomic E-state index is 12.0. The lowest BCUT2D eigenvalue weighted by Crippen LogP contribution is -2.03. The normalized spacial score (nSPS) is 13.7. The molecule has 0 heterocycles. The second-order valence-electron chi connectivity index (χ2n) is 1.25. The first-order valence-electron chi connectivity index (χ1n) is 2.18. The van der Waals surface area contributed by atoms with Crippen molar-refractivity contribution in [1.82, 2.24) is 0 Å². The third-order valence-corrected chi connectivity index (χ3v) is 0.615. The zero-order valence-corrected chi connectivity index (χ0v) is 5.13. The molecule has 4 nitrogen and oxygen atoms in total. The number of oxime groups is 2. The smallest absolute Gasteiger partial charge is 0.274 e. The molecule has 0 bridgehead atoms. The Labute approximate surface area is 51.6 Å². The number of nitrogens with zero attached hydrogens (tertiary/aromatic N) is 2. The van der Waals surface area contributed by atoms with Gasteiger partial charge in [-0.1, -0.05) is 10.3 Å². The van der Waals surface area contributed by atoms with Crippen molar-refractivity contribution in [3.63, 3.8) is 0 Å². The summed E-state index contributed by atoms with van der Waals surface area (Å²) in [5.41, 5.74) is -0.0972. The van der Waals surface area contributed by atoms with Crippen molar-refractivity contribution in [2.24, 2.45) is 10.3 Å². The Hall–Kier alpha value is -1.13. The van der Waals surface area contributed by atoms with Crippen molar-refractivity contribution < 1.29 is 14.4 Å². The highest BCUT2D eigenvalue weighted by Gasteiger charge is 2.00. The van der Waals surface area contributed by atoms with E-state index in [4.69, 9.17) is 5.21 Å². The van der Waals surface area contributed by atoms with Crippen LogP contribution in [0.25, 0.3) is 0 Å². The third-order valence-electron chi connectivity index (χ3n) is 0.615. The van der Waals surface area contributed by atoms with E-state index in [1.54, 1.807) is 0 Å². The maximum Gasteiger partial charge on any atom is 0.274 e. The minimum atomic E-state index is -1.04.